The summed E-state index contributed by atoms with van der Waals surface area (Å²) in [5.74, 6) is 0. The summed E-state index contributed by atoms with van der Waals surface area (Å²) in [5, 5.41) is 8.82. The van der Waals surface area contributed by atoms with E-state index in [1.54, 1.807) is 6.07 Å². The Morgan fingerprint density at radius 3 is 2.75 bits per heavy atom. The van der Waals surface area contributed by atoms with Crippen LogP contribution in [0.5, 0.6) is 0 Å². The second-order valence-electron chi connectivity index (χ2n) is 4.82. The molecule has 1 aromatic carbocycles. The Labute approximate surface area is 116 Å². The van der Waals surface area contributed by atoms with E-state index in [1.165, 1.54) is 12.1 Å². The minimum atomic E-state index is -4.37. The van der Waals surface area contributed by atoms with E-state index < -0.39 is 17.8 Å². The quantitative estimate of drug-likeness (QED) is 0.924. The largest absolute Gasteiger partial charge is 0.416 e. The normalized spacial score (nSPS) is 21.1. The molecule has 1 heterocycles. The Morgan fingerprint density at radius 2 is 2.05 bits per heavy atom. The summed E-state index contributed by atoms with van der Waals surface area (Å²) in [6.45, 7) is 2.27. The molecule has 1 aliphatic heterocycles. The van der Waals surface area contributed by atoms with Crippen molar-refractivity contribution in [2.24, 2.45) is 0 Å². The Balaban J connectivity index is 2.15. The first-order valence-electron chi connectivity index (χ1n) is 6.63. The number of hydrogen-bond donors (Lipinski definition) is 1. The molecule has 0 amide bonds. The molecule has 0 aromatic heterocycles. The summed E-state index contributed by atoms with van der Waals surface area (Å²) in [5.41, 5.74) is -0.442. The molecule has 20 heavy (non-hydrogen) atoms. The molecule has 3 nitrogen and oxygen atoms in total. The zero-order valence-corrected chi connectivity index (χ0v) is 11.1. The van der Waals surface area contributed by atoms with Gasteiger partial charge in [0, 0.05) is 26.2 Å². The number of halogens is 3. The summed E-state index contributed by atoms with van der Waals surface area (Å²) >= 11 is 0. The van der Waals surface area contributed by atoms with Crippen LogP contribution in [0.4, 0.5) is 13.2 Å². The number of ether oxygens (including phenoxy) is 1. The first-order chi connectivity index (χ1) is 9.52. The van der Waals surface area contributed by atoms with E-state index in [2.05, 4.69) is 0 Å². The Bertz CT molecular complexity index is 437. The zero-order valence-electron chi connectivity index (χ0n) is 11.1. The molecule has 0 radical (unpaired) electrons. The van der Waals surface area contributed by atoms with Gasteiger partial charge in [-0.05, 0) is 18.1 Å². The fraction of sp³-hybridized carbons (Fsp3) is 0.571. The van der Waals surface area contributed by atoms with Crippen LogP contribution in [0.2, 0.25) is 0 Å². The molecular weight excluding hydrogens is 271 g/mol. The SMILES string of the molecule is OCCCN1CCO[C@@H](c2ccccc2C(F)(F)F)C1. The van der Waals surface area contributed by atoms with Crippen LogP contribution < -0.4 is 0 Å². The first kappa shape index (κ1) is 15.3. The van der Waals surface area contributed by atoms with Gasteiger partial charge >= 0.3 is 6.18 Å². The lowest BCUT2D eigenvalue weighted by Gasteiger charge is -2.34. The van der Waals surface area contributed by atoms with Gasteiger partial charge in [0.1, 0.15) is 0 Å². The third-order valence-electron chi connectivity index (χ3n) is 3.40. The number of rotatable bonds is 4. The predicted octanol–water partition coefficient (Wildman–Crippen LogP) is 2.46. The highest BCUT2D eigenvalue weighted by Crippen LogP contribution is 2.36. The molecule has 1 atom stereocenters. The van der Waals surface area contributed by atoms with Crippen LogP contribution in [0.15, 0.2) is 24.3 Å². The molecule has 0 unspecified atom stereocenters. The minimum absolute atomic E-state index is 0.0845. The summed E-state index contributed by atoms with van der Waals surface area (Å²) in [4.78, 5) is 2.03. The van der Waals surface area contributed by atoms with E-state index >= 15 is 0 Å². The fourth-order valence-electron chi connectivity index (χ4n) is 2.42. The topological polar surface area (TPSA) is 32.7 Å². The van der Waals surface area contributed by atoms with Crippen LogP contribution in [0.25, 0.3) is 0 Å². The maximum absolute atomic E-state index is 13.0. The van der Waals surface area contributed by atoms with Crippen molar-refractivity contribution in [1.29, 1.82) is 0 Å². The van der Waals surface area contributed by atoms with Crippen LogP contribution in [0, 0.1) is 0 Å². The van der Waals surface area contributed by atoms with Gasteiger partial charge in [0.05, 0.1) is 18.3 Å². The van der Waals surface area contributed by atoms with E-state index in [4.69, 9.17) is 9.84 Å². The fourth-order valence-corrected chi connectivity index (χ4v) is 2.42. The molecule has 6 heteroatoms. The Hall–Kier alpha value is -1.11. The van der Waals surface area contributed by atoms with Crippen molar-refractivity contribution in [3.8, 4) is 0 Å². The minimum Gasteiger partial charge on any atom is -0.396 e. The molecule has 0 bridgehead atoms. The molecule has 1 fully saturated rings. The van der Waals surface area contributed by atoms with Crippen molar-refractivity contribution < 1.29 is 23.0 Å². The first-order valence-corrected chi connectivity index (χ1v) is 6.63. The summed E-state index contributed by atoms with van der Waals surface area (Å²) in [6.07, 6.45) is -4.32. The molecule has 1 N–H and O–H groups in total. The lowest BCUT2D eigenvalue weighted by Crippen LogP contribution is -2.39. The van der Waals surface area contributed by atoms with Gasteiger partial charge in [-0.15, -0.1) is 0 Å². The van der Waals surface area contributed by atoms with Crippen molar-refractivity contribution in [2.45, 2.75) is 18.7 Å². The Kier molecular flexibility index (Phi) is 5.01. The van der Waals surface area contributed by atoms with Gasteiger partial charge in [0.2, 0.25) is 0 Å². The molecule has 112 valence electrons. The number of alkyl halides is 3. The summed E-state index contributed by atoms with van der Waals surface area (Å²) in [6, 6.07) is 5.55. The van der Waals surface area contributed by atoms with Crippen molar-refractivity contribution in [3.05, 3.63) is 35.4 Å². The highest BCUT2D eigenvalue weighted by Gasteiger charge is 2.36. The van der Waals surface area contributed by atoms with Crippen molar-refractivity contribution in [1.82, 2.24) is 4.90 Å². The average Bonchev–Trinajstić information content (AvgIpc) is 2.44. The summed E-state index contributed by atoms with van der Waals surface area (Å²) < 4.78 is 44.5. The molecule has 2 rings (SSSR count). The monoisotopic (exact) mass is 289 g/mol. The maximum Gasteiger partial charge on any atom is 0.416 e. The van der Waals surface area contributed by atoms with Gasteiger partial charge in [-0.3, -0.25) is 4.90 Å². The second-order valence-corrected chi connectivity index (χ2v) is 4.82. The van der Waals surface area contributed by atoms with Gasteiger partial charge in [-0.1, -0.05) is 18.2 Å². The molecule has 1 saturated heterocycles. The number of morpholine rings is 1. The third-order valence-corrected chi connectivity index (χ3v) is 3.40. The Morgan fingerprint density at radius 1 is 1.30 bits per heavy atom. The molecular formula is C14H18F3NO2. The predicted molar refractivity (Wildman–Crippen MR) is 68.3 cm³/mol. The van der Waals surface area contributed by atoms with Gasteiger partial charge in [0.25, 0.3) is 0 Å². The van der Waals surface area contributed by atoms with Gasteiger partial charge in [-0.25, -0.2) is 0 Å². The molecule has 1 aliphatic rings. The van der Waals surface area contributed by atoms with Gasteiger partial charge < -0.3 is 9.84 Å². The zero-order chi connectivity index (χ0) is 14.6. The highest BCUT2D eigenvalue weighted by molar-refractivity contribution is 5.32. The highest BCUT2D eigenvalue weighted by atomic mass is 19.4. The van der Waals surface area contributed by atoms with Crippen LogP contribution >= 0.6 is 0 Å². The van der Waals surface area contributed by atoms with E-state index in [-0.39, 0.29) is 12.2 Å². The summed E-state index contributed by atoms with van der Waals surface area (Å²) in [7, 11) is 0. The molecule has 0 aliphatic carbocycles. The molecule has 0 saturated carbocycles. The van der Waals surface area contributed by atoms with E-state index in [0.717, 1.165) is 6.07 Å². The van der Waals surface area contributed by atoms with Crippen LogP contribution in [0.1, 0.15) is 23.7 Å². The second kappa shape index (κ2) is 6.56. The maximum atomic E-state index is 13.0. The number of hydrogen-bond acceptors (Lipinski definition) is 3. The van der Waals surface area contributed by atoms with Crippen molar-refractivity contribution in [3.63, 3.8) is 0 Å². The number of aliphatic hydroxyl groups is 1. The van der Waals surface area contributed by atoms with Crippen LogP contribution in [0.3, 0.4) is 0 Å². The van der Waals surface area contributed by atoms with Crippen molar-refractivity contribution >= 4 is 0 Å². The lowest BCUT2D eigenvalue weighted by atomic mass is 10.0. The number of nitrogens with zero attached hydrogens (tertiary/aromatic N) is 1. The smallest absolute Gasteiger partial charge is 0.396 e. The van der Waals surface area contributed by atoms with Crippen LogP contribution in [-0.2, 0) is 10.9 Å². The van der Waals surface area contributed by atoms with E-state index in [9.17, 15) is 13.2 Å². The third kappa shape index (κ3) is 3.71. The number of aliphatic hydroxyl groups excluding tert-OH is 1. The van der Waals surface area contributed by atoms with Gasteiger partial charge in [-0.2, -0.15) is 13.2 Å². The average molecular weight is 289 g/mol. The van der Waals surface area contributed by atoms with E-state index in [0.29, 0.717) is 32.7 Å². The lowest BCUT2D eigenvalue weighted by molar-refractivity contribution is -0.140. The van der Waals surface area contributed by atoms with E-state index in [1.807, 2.05) is 4.90 Å². The van der Waals surface area contributed by atoms with Crippen LogP contribution in [-0.4, -0.2) is 42.9 Å². The molecule has 1 aromatic rings. The van der Waals surface area contributed by atoms with Gasteiger partial charge in [0.15, 0.2) is 0 Å². The standard InChI is InChI=1S/C14H18F3NO2/c15-14(16,17)12-5-2-1-4-11(12)13-10-18(6-3-8-19)7-9-20-13/h1-2,4-5,13,19H,3,6-10H2/t13-/m1/s1. The number of benzene rings is 1. The molecule has 0 spiro atoms. The van der Waals surface area contributed by atoms with Crippen molar-refractivity contribution in [2.75, 3.05) is 32.8 Å².